The Labute approximate surface area is 196 Å². The van der Waals surface area contributed by atoms with E-state index in [0.717, 1.165) is 38.4 Å². The number of anilines is 1. The molecule has 0 bridgehead atoms. The molecule has 1 aromatic heterocycles. The number of thiophene rings is 1. The molecule has 4 nitrogen and oxygen atoms in total. The van der Waals surface area contributed by atoms with Gasteiger partial charge < -0.3 is 10.0 Å². The lowest BCUT2D eigenvalue weighted by Gasteiger charge is -2.39. The van der Waals surface area contributed by atoms with Gasteiger partial charge >= 0.3 is 5.97 Å². The van der Waals surface area contributed by atoms with E-state index in [0.29, 0.717) is 16.9 Å². The third kappa shape index (κ3) is 5.26. The molecule has 5 heteroatoms. The standard InChI is InChI=1S/C27H36N2O2S/c1-19(2)22-15-25(32-18-22)24-16-27(3,4)10-9-21(24)17-28-11-13-29(14-12-28)23-7-5-20(6-8-23)26(30)31/h5-8,15,18-19H,9-14,16-17H2,1-4H3,(H,30,31). The number of benzene rings is 1. The second-order valence-corrected chi connectivity index (χ2v) is 11.3. The number of piperazine rings is 1. The van der Waals surface area contributed by atoms with Gasteiger partial charge in [0.25, 0.3) is 0 Å². The van der Waals surface area contributed by atoms with Crippen LogP contribution in [0.3, 0.4) is 0 Å². The smallest absolute Gasteiger partial charge is 0.335 e. The molecule has 0 amide bonds. The molecule has 0 atom stereocenters. The van der Waals surface area contributed by atoms with Crippen LogP contribution in [0.15, 0.2) is 41.3 Å². The number of rotatable bonds is 6. The number of nitrogens with zero attached hydrogens (tertiary/aromatic N) is 2. The molecule has 1 saturated heterocycles. The number of allylic oxidation sites excluding steroid dienone is 1. The van der Waals surface area contributed by atoms with Crippen molar-refractivity contribution >= 4 is 28.6 Å². The first-order chi connectivity index (χ1) is 15.2. The Morgan fingerprint density at radius 3 is 2.41 bits per heavy atom. The van der Waals surface area contributed by atoms with Crippen molar-refractivity contribution in [2.24, 2.45) is 5.41 Å². The van der Waals surface area contributed by atoms with E-state index < -0.39 is 5.97 Å². The summed E-state index contributed by atoms with van der Waals surface area (Å²) in [7, 11) is 0. The molecular formula is C27H36N2O2S. The van der Waals surface area contributed by atoms with Crippen LogP contribution in [-0.4, -0.2) is 48.7 Å². The number of hydrogen-bond acceptors (Lipinski definition) is 4. The van der Waals surface area contributed by atoms with E-state index in [2.05, 4.69) is 48.9 Å². The van der Waals surface area contributed by atoms with Crippen LogP contribution < -0.4 is 4.90 Å². The van der Waals surface area contributed by atoms with Crippen LogP contribution in [0, 0.1) is 5.41 Å². The molecule has 4 rings (SSSR count). The molecule has 2 heterocycles. The fraction of sp³-hybridized carbons (Fsp3) is 0.519. The first-order valence-electron chi connectivity index (χ1n) is 11.8. The van der Waals surface area contributed by atoms with Crippen LogP contribution in [0.4, 0.5) is 5.69 Å². The highest BCUT2D eigenvalue weighted by Gasteiger charge is 2.30. The Morgan fingerprint density at radius 2 is 1.81 bits per heavy atom. The number of aromatic carboxylic acids is 1. The first kappa shape index (κ1) is 23.1. The predicted molar refractivity (Wildman–Crippen MR) is 135 cm³/mol. The SMILES string of the molecule is CC(C)c1csc(C2=C(CN3CCN(c4ccc(C(=O)O)cc4)CC3)CCC(C)(C)C2)c1. The van der Waals surface area contributed by atoms with Crippen LogP contribution in [0.1, 0.15) is 73.7 Å². The van der Waals surface area contributed by atoms with E-state index in [1.165, 1.54) is 29.7 Å². The maximum atomic E-state index is 11.1. The van der Waals surface area contributed by atoms with Crippen LogP contribution in [0.2, 0.25) is 0 Å². The Morgan fingerprint density at radius 1 is 1.12 bits per heavy atom. The summed E-state index contributed by atoms with van der Waals surface area (Å²) in [5, 5.41) is 11.5. The molecule has 1 aliphatic heterocycles. The summed E-state index contributed by atoms with van der Waals surface area (Å²) in [6.45, 7) is 14.5. The number of carboxylic acid groups (broad SMARTS) is 1. The lowest BCUT2D eigenvalue weighted by atomic mass is 9.73. The Balaban J connectivity index is 1.45. The fourth-order valence-electron chi connectivity index (χ4n) is 4.83. The van der Waals surface area contributed by atoms with Crippen LogP contribution in [0.5, 0.6) is 0 Å². The van der Waals surface area contributed by atoms with Crippen molar-refractivity contribution in [3.8, 4) is 0 Å². The lowest BCUT2D eigenvalue weighted by Crippen LogP contribution is -2.47. The molecule has 1 N–H and O–H groups in total. The summed E-state index contributed by atoms with van der Waals surface area (Å²) in [6.07, 6.45) is 3.65. The van der Waals surface area contributed by atoms with Crippen molar-refractivity contribution in [3.63, 3.8) is 0 Å². The largest absolute Gasteiger partial charge is 0.478 e. The second kappa shape index (κ2) is 9.40. The lowest BCUT2D eigenvalue weighted by molar-refractivity contribution is 0.0697. The van der Waals surface area contributed by atoms with Crippen molar-refractivity contribution in [2.75, 3.05) is 37.6 Å². The number of hydrogen-bond donors (Lipinski definition) is 1. The molecule has 1 aromatic carbocycles. The number of carbonyl (C=O) groups is 1. The Kier molecular flexibility index (Phi) is 6.78. The van der Waals surface area contributed by atoms with Crippen molar-refractivity contribution in [3.05, 3.63) is 57.3 Å². The van der Waals surface area contributed by atoms with Crippen molar-refractivity contribution in [2.45, 2.75) is 52.9 Å². The zero-order chi connectivity index (χ0) is 22.9. The van der Waals surface area contributed by atoms with Gasteiger partial charge in [0, 0.05) is 43.3 Å². The molecule has 1 fully saturated rings. The van der Waals surface area contributed by atoms with Crippen molar-refractivity contribution in [1.29, 1.82) is 0 Å². The highest BCUT2D eigenvalue weighted by molar-refractivity contribution is 7.11. The van der Waals surface area contributed by atoms with E-state index in [4.69, 9.17) is 5.11 Å². The quantitative estimate of drug-likeness (QED) is 0.554. The van der Waals surface area contributed by atoms with Crippen LogP contribution in [-0.2, 0) is 0 Å². The maximum absolute atomic E-state index is 11.1. The minimum Gasteiger partial charge on any atom is -0.478 e. The summed E-state index contributed by atoms with van der Waals surface area (Å²) in [5.41, 5.74) is 6.55. The van der Waals surface area contributed by atoms with E-state index in [1.54, 1.807) is 23.3 Å². The highest BCUT2D eigenvalue weighted by Crippen LogP contribution is 2.45. The van der Waals surface area contributed by atoms with Gasteiger partial charge in [-0.05, 0) is 77.4 Å². The maximum Gasteiger partial charge on any atom is 0.335 e. The van der Waals surface area contributed by atoms with Gasteiger partial charge in [0.1, 0.15) is 0 Å². The summed E-state index contributed by atoms with van der Waals surface area (Å²) < 4.78 is 0. The predicted octanol–water partition coefficient (Wildman–Crippen LogP) is 6.36. The van der Waals surface area contributed by atoms with Gasteiger partial charge in [0.15, 0.2) is 0 Å². The topological polar surface area (TPSA) is 43.8 Å². The molecular weight excluding hydrogens is 416 g/mol. The fourth-order valence-corrected chi connectivity index (χ4v) is 5.99. The molecule has 0 spiro atoms. The number of carboxylic acids is 1. The molecule has 1 aliphatic carbocycles. The summed E-state index contributed by atoms with van der Waals surface area (Å²) in [6, 6.07) is 9.72. The third-order valence-corrected chi connectivity index (χ3v) is 8.04. The van der Waals surface area contributed by atoms with Crippen molar-refractivity contribution in [1.82, 2.24) is 4.90 Å². The van der Waals surface area contributed by atoms with E-state index >= 15 is 0 Å². The van der Waals surface area contributed by atoms with E-state index in [-0.39, 0.29) is 0 Å². The van der Waals surface area contributed by atoms with E-state index in [1.807, 2.05) is 23.5 Å². The van der Waals surface area contributed by atoms with Gasteiger partial charge in [-0.1, -0.05) is 33.3 Å². The molecule has 2 aliphatic rings. The van der Waals surface area contributed by atoms with Gasteiger partial charge in [0.2, 0.25) is 0 Å². The van der Waals surface area contributed by atoms with Gasteiger partial charge in [-0.2, -0.15) is 0 Å². The molecule has 172 valence electrons. The zero-order valence-electron chi connectivity index (χ0n) is 19.9. The molecule has 32 heavy (non-hydrogen) atoms. The zero-order valence-corrected chi connectivity index (χ0v) is 20.7. The van der Waals surface area contributed by atoms with E-state index in [9.17, 15) is 4.79 Å². The first-order valence-corrected chi connectivity index (χ1v) is 12.7. The second-order valence-electron chi connectivity index (χ2n) is 10.4. The summed E-state index contributed by atoms with van der Waals surface area (Å²) in [4.78, 5) is 17.6. The highest BCUT2D eigenvalue weighted by atomic mass is 32.1. The molecule has 0 unspecified atom stereocenters. The van der Waals surface area contributed by atoms with Gasteiger partial charge in [-0.25, -0.2) is 4.79 Å². The average Bonchev–Trinajstić information content (AvgIpc) is 3.26. The van der Waals surface area contributed by atoms with Crippen LogP contribution >= 0.6 is 11.3 Å². The van der Waals surface area contributed by atoms with Gasteiger partial charge in [0.05, 0.1) is 5.56 Å². The normalized spacial score (nSPS) is 19.6. The molecule has 0 saturated carbocycles. The summed E-state index contributed by atoms with van der Waals surface area (Å²) in [5.74, 6) is -0.286. The average molecular weight is 453 g/mol. The van der Waals surface area contributed by atoms with Crippen LogP contribution in [0.25, 0.3) is 5.57 Å². The monoisotopic (exact) mass is 452 g/mol. The third-order valence-electron chi connectivity index (χ3n) is 7.04. The van der Waals surface area contributed by atoms with Crippen molar-refractivity contribution < 1.29 is 9.90 Å². The minimum absolute atomic E-state index is 0.348. The Hall–Kier alpha value is -2.11. The summed E-state index contributed by atoms with van der Waals surface area (Å²) >= 11 is 1.93. The Bertz CT molecular complexity index is 979. The minimum atomic E-state index is -0.868. The molecule has 0 radical (unpaired) electrons. The van der Waals surface area contributed by atoms with Gasteiger partial charge in [-0.15, -0.1) is 11.3 Å². The molecule has 2 aromatic rings. The van der Waals surface area contributed by atoms with Gasteiger partial charge in [-0.3, -0.25) is 4.90 Å².